The number of methoxy groups -OCH3 is 1. The summed E-state index contributed by atoms with van der Waals surface area (Å²) in [6, 6.07) is 0. The summed E-state index contributed by atoms with van der Waals surface area (Å²) in [5.74, 6) is 0.0972. The Labute approximate surface area is 67.7 Å². The van der Waals surface area contributed by atoms with Crippen LogP contribution >= 0.6 is 0 Å². The van der Waals surface area contributed by atoms with Gasteiger partial charge in [-0.25, -0.2) is 0 Å². The van der Waals surface area contributed by atoms with Gasteiger partial charge in [-0.05, 0) is 0 Å². The van der Waals surface area contributed by atoms with Gasteiger partial charge in [0.1, 0.15) is 5.78 Å². The molecule has 0 amide bonds. The van der Waals surface area contributed by atoms with Crippen LogP contribution in [0.1, 0.15) is 33.6 Å². The smallest absolute Gasteiger partial charge is 0.302 e. The van der Waals surface area contributed by atoms with Crippen LogP contribution in [0.15, 0.2) is 0 Å². The van der Waals surface area contributed by atoms with Crippen molar-refractivity contribution in [2.75, 3.05) is 7.11 Å². The predicted molar refractivity (Wildman–Crippen MR) is 43.3 cm³/mol. The Morgan fingerprint density at radius 3 is 1.45 bits per heavy atom. The van der Waals surface area contributed by atoms with Crippen molar-refractivity contribution in [3.05, 3.63) is 0 Å². The molecule has 0 spiro atoms. The zero-order valence-electron chi connectivity index (χ0n) is 7.64. The average Bonchev–Trinajstić information content (AvgIpc) is 2.04. The zero-order valence-corrected chi connectivity index (χ0v) is 7.64. The first-order valence-electron chi connectivity index (χ1n) is 3.64. The molecule has 0 atom stereocenters. The molecule has 0 unspecified atom stereocenters. The van der Waals surface area contributed by atoms with Crippen LogP contribution in [0.4, 0.5) is 0 Å². The first-order valence-corrected chi connectivity index (χ1v) is 3.64. The van der Waals surface area contributed by atoms with Crippen molar-refractivity contribution < 1.29 is 14.3 Å². The SMILES string of the molecule is CCC(=O)CC.COC(C)=O. The van der Waals surface area contributed by atoms with Crippen molar-refractivity contribution in [1.82, 2.24) is 0 Å². The Bertz CT molecular complexity index is 113. The molecule has 0 heterocycles. The van der Waals surface area contributed by atoms with Gasteiger partial charge in [-0.1, -0.05) is 13.8 Å². The summed E-state index contributed by atoms with van der Waals surface area (Å²) in [7, 11) is 1.35. The molecule has 0 aliphatic rings. The maximum atomic E-state index is 10.2. The van der Waals surface area contributed by atoms with Crippen LogP contribution in [0.3, 0.4) is 0 Å². The third-order valence-electron chi connectivity index (χ3n) is 1.08. The molecule has 3 heteroatoms. The largest absolute Gasteiger partial charge is 0.469 e. The molecular weight excluding hydrogens is 144 g/mol. The van der Waals surface area contributed by atoms with Gasteiger partial charge < -0.3 is 4.74 Å². The number of rotatable bonds is 2. The van der Waals surface area contributed by atoms with Gasteiger partial charge in [0.25, 0.3) is 0 Å². The number of carbonyl (C=O) groups is 2. The van der Waals surface area contributed by atoms with Crippen molar-refractivity contribution in [1.29, 1.82) is 0 Å². The summed E-state index contributed by atoms with van der Waals surface area (Å²) in [6.07, 6.45) is 1.38. The molecule has 0 aromatic rings. The molecule has 0 N–H and O–H groups in total. The van der Waals surface area contributed by atoms with Crippen molar-refractivity contribution in [2.45, 2.75) is 33.6 Å². The van der Waals surface area contributed by atoms with E-state index in [1.54, 1.807) is 0 Å². The minimum Gasteiger partial charge on any atom is -0.469 e. The summed E-state index contributed by atoms with van der Waals surface area (Å²) in [5, 5.41) is 0. The van der Waals surface area contributed by atoms with Crippen LogP contribution in [-0.4, -0.2) is 18.9 Å². The lowest BCUT2D eigenvalue weighted by atomic mass is 10.3. The van der Waals surface area contributed by atoms with E-state index < -0.39 is 0 Å². The first kappa shape index (κ1) is 12.8. The highest BCUT2D eigenvalue weighted by molar-refractivity contribution is 5.77. The van der Waals surface area contributed by atoms with Crippen LogP contribution < -0.4 is 0 Å². The summed E-state index contributed by atoms with van der Waals surface area (Å²) in [6.45, 7) is 5.12. The topological polar surface area (TPSA) is 43.4 Å². The van der Waals surface area contributed by atoms with E-state index in [4.69, 9.17) is 0 Å². The molecule has 0 radical (unpaired) electrons. The van der Waals surface area contributed by atoms with E-state index in [1.807, 2.05) is 13.8 Å². The fourth-order valence-corrected chi connectivity index (χ4v) is 0.250. The van der Waals surface area contributed by atoms with Crippen LogP contribution in [-0.2, 0) is 14.3 Å². The van der Waals surface area contributed by atoms with Gasteiger partial charge >= 0.3 is 5.97 Å². The number of hydrogen-bond acceptors (Lipinski definition) is 3. The second-order valence-electron chi connectivity index (χ2n) is 1.94. The molecule has 0 fully saturated rings. The second-order valence-corrected chi connectivity index (χ2v) is 1.94. The van der Waals surface area contributed by atoms with Gasteiger partial charge in [-0.15, -0.1) is 0 Å². The Morgan fingerprint density at radius 1 is 1.18 bits per heavy atom. The highest BCUT2D eigenvalue weighted by atomic mass is 16.5. The van der Waals surface area contributed by atoms with E-state index in [9.17, 15) is 9.59 Å². The lowest BCUT2D eigenvalue weighted by Gasteiger charge is -1.81. The van der Waals surface area contributed by atoms with Crippen LogP contribution in [0.2, 0.25) is 0 Å². The number of hydrogen-bond donors (Lipinski definition) is 0. The van der Waals surface area contributed by atoms with Gasteiger partial charge in [0.05, 0.1) is 7.11 Å². The number of carbonyl (C=O) groups excluding carboxylic acids is 2. The molecule has 3 nitrogen and oxygen atoms in total. The molecule has 0 aromatic carbocycles. The normalized spacial score (nSPS) is 7.64. The van der Waals surface area contributed by atoms with E-state index in [2.05, 4.69) is 4.74 Å². The van der Waals surface area contributed by atoms with Gasteiger partial charge in [0.2, 0.25) is 0 Å². The summed E-state index contributed by atoms with van der Waals surface area (Å²) in [4.78, 5) is 19.8. The van der Waals surface area contributed by atoms with Crippen molar-refractivity contribution >= 4 is 11.8 Å². The maximum absolute atomic E-state index is 10.2. The quantitative estimate of drug-likeness (QED) is 0.576. The van der Waals surface area contributed by atoms with Crippen LogP contribution in [0.5, 0.6) is 0 Å². The third-order valence-corrected chi connectivity index (χ3v) is 1.08. The van der Waals surface area contributed by atoms with Gasteiger partial charge in [-0.3, -0.25) is 9.59 Å². The minimum absolute atomic E-state index is 0.245. The van der Waals surface area contributed by atoms with Gasteiger partial charge in [0.15, 0.2) is 0 Å². The molecule has 0 rings (SSSR count). The highest BCUT2D eigenvalue weighted by Gasteiger charge is 1.86. The molecule has 0 aliphatic carbocycles. The minimum atomic E-state index is -0.245. The van der Waals surface area contributed by atoms with E-state index in [0.717, 1.165) is 0 Å². The second kappa shape index (κ2) is 9.14. The molecule has 66 valence electrons. The predicted octanol–water partition coefficient (Wildman–Crippen LogP) is 1.55. The lowest BCUT2D eigenvalue weighted by Crippen LogP contribution is -1.88. The number of ether oxygens (including phenoxy) is 1. The fourth-order valence-electron chi connectivity index (χ4n) is 0.250. The van der Waals surface area contributed by atoms with Crippen molar-refractivity contribution in [3.8, 4) is 0 Å². The molecule has 0 saturated carbocycles. The van der Waals surface area contributed by atoms with E-state index in [1.165, 1.54) is 14.0 Å². The Morgan fingerprint density at radius 2 is 1.45 bits per heavy atom. The Hall–Kier alpha value is -0.860. The number of ketones is 1. The van der Waals surface area contributed by atoms with E-state index in [-0.39, 0.29) is 5.97 Å². The zero-order chi connectivity index (χ0) is 9.28. The molecule has 0 bridgehead atoms. The molecular formula is C8H16O3. The summed E-state index contributed by atoms with van der Waals surface area (Å²) >= 11 is 0. The molecule has 11 heavy (non-hydrogen) atoms. The molecule has 0 aromatic heterocycles. The van der Waals surface area contributed by atoms with E-state index >= 15 is 0 Å². The number of esters is 1. The summed E-state index contributed by atoms with van der Waals surface area (Å²) in [5.41, 5.74) is 0. The maximum Gasteiger partial charge on any atom is 0.302 e. The Balaban J connectivity index is 0. The van der Waals surface area contributed by atoms with Crippen molar-refractivity contribution in [2.24, 2.45) is 0 Å². The molecule has 0 aliphatic heterocycles. The van der Waals surface area contributed by atoms with Gasteiger partial charge in [-0.2, -0.15) is 0 Å². The fraction of sp³-hybridized carbons (Fsp3) is 0.750. The van der Waals surface area contributed by atoms with Gasteiger partial charge in [0, 0.05) is 19.8 Å². The molecule has 0 saturated heterocycles. The Kier molecular flexibility index (Phi) is 10.6. The van der Waals surface area contributed by atoms with Crippen LogP contribution in [0.25, 0.3) is 0 Å². The summed E-state index contributed by atoms with van der Waals surface area (Å²) < 4.78 is 4.11. The highest BCUT2D eigenvalue weighted by Crippen LogP contribution is 1.83. The standard InChI is InChI=1S/C5H10O.C3H6O2/c1-3-5(6)4-2;1-3(4)5-2/h3-4H2,1-2H3;1-2H3. The average molecular weight is 160 g/mol. The first-order chi connectivity index (χ1) is 5.08. The van der Waals surface area contributed by atoms with Crippen LogP contribution in [0, 0.1) is 0 Å². The third kappa shape index (κ3) is 17.6. The lowest BCUT2D eigenvalue weighted by molar-refractivity contribution is -0.137. The van der Waals surface area contributed by atoms with E-state index in [0.29, 0.717) is 18.6 Å². The number of Topliss-reactive ketones (excluding diaryl/α,β-unsaturated/α-hetero) is 1. The monoisotopic (exact) mass is 160 g/mol. The van der Waals surface area contributed by atoms with Crippen molar-refractivity contribution in [3.63, 3.8) is 0 Å².